The average Bonchev–Trinajstić information content (AvgIpc) is 2.01. The molecule has 0 heterocycles. The van der Waals surface area contributed by atoms with Crippen LogP contribution in [0.3, 0.4) is 0 Å². The molecule has 0 saturated carbocycles. The summed E-state index contributed by atoms with van der Waals surface area (Å²) < 4.78 is 0. The third-order valence-electron chi connectivity index (χ3n) is 1.85. The van der Waals surface area contributed by atoms with Crippen molar-refractivity contribution in [3.8, 4) is 0 Å². The second-order valence-electron chi connectivity index (χ2n) is 3.19. The number of rotatable bonds is 3. The molecule has 0 unspecified atom stereocenters. The van der Waals surface area contributed by atoms with Gasteiger partial charge < -0.3 is 4.79 Å². The van der Waals surface area contributed by atoms with E-state index < -0.39 is 0 Å². The van der Waals surface area contributed by atoms with E-state index in [0.29, 0.717) is 6.42 Å². The van der Waals surface area contributed by atoms with Crippen LogP contribution in [0.4, 0.5) is 0 Å². The van der Waals surface area contributed by atoms with E-state index in [0.717, 1.165) is 6.42 Å². The lowest BCUT2D eigenvalue weighted by Gasteiger charge is -1.99. The summed E-state index contributed by atoms with van der Waals surface area (Å²) in [5.41, 5.74) is 2.52. The van der Waals surface area contributed by atoms with Crippen LogP contribution in [0.1, 0.15) is 24.5 Å². The number of aryl methyl sites for hydroxylation is 2. The smallest absolute Gasteiger partial charge is 0.130 e. The molecular formula is C11H14O. The molecule has 1 rings (SSSR count). The maximum Gasteiger partial charge on any atom is 0.130 e. The van der Waals surface area contributed by atoms with Gasteiger partial charge in [-0.1, -0.05) is 29.8 Å². The summed E-state index contributed by atoms with van der Waals surface area (Å²) in [7, 11) is 0. The van der Waals surface area contributed by atoms with Crippen LogP contribution in [0, 0.1) is 6.92 Å². The predicted molar refractivity (Wildman–Crippen MR) is 50.2 cm³/mol. The van der Waals surface area contributed by atoms with Crippen LogP contribution in [0.15, 0.2) is 24.3 Å². The van der Waals surface area contributed by atoms with Gasteiger partial charge in [0.1, 0.15) is 5.78 Å². The highest BCUT2D eigenvalue weighted by atomic mass is 16.1. The maximum absolute atomic E-state index is 10.7. The number of Topliss-reactive ketones (excluding diaryl/α,β-unsaturated/α-hetero) is 1. The van der Waals surface area contributed by atoms with Gasteiger partial charge in [-0.25, -0.2) is 0 Å². The molecule has 0 aromatic heterocycles. The second-order valence-corrected chi connectivity index (χ2v) is 3.19. The summed E-state index contributed by atoms with van der Waals surface area (Å²) >= 11 is 0. The van der Waals surface area contributed by atoms with Crippen molar-refractivity contribution >= 4 is 5.78 Å². The van der Waals surface area contributed by atoms with Gasteiger partial charge in [-0.05, 0) is 25.8 Å². The first-order valence-corrected chi connectivity index (χ1v) is 4.23. The number of hydrogen-bond donors (Lipinski definition) is 0. The van der Waals surface area contributed by atoms with Crippen LogP contribution >= 0.6 is 0 Å². The zero-order valence-electron chi connectivity index (χ0n) is 7.63. The van der Waals surface area contributed by atoms with Crippen molar-refractivity contribution in [3.05, 3.63) is 35.4 Å². The maximum atomic E-state index is 10.7. The number of hydrogen-bond acceptors (Lipinski definition) is 1. The lowest BCUT2D eigenvalue weighted by Crippen LogP contribution is -1.93. The molecule has 0 fully saturated rings. The SMILES string of the molecule is CC(=O)CCc1cccc(C)c1. The normalized spacial score (nSPS) is 9.83. The van der Waals surface area contributed by atoms with E-state index in [-0.39, 0.29) is 5.78 Å². The molecule has 1 heteroatoms. The molecule has 0 saturated heterocycles. The van der Waals surface area contributed by atoms with Gasteiger partial charge in [0.2, 0.25) is 0 Å². The Morgan fingerprint density at radius 3 is 2.75 bits per heavy atom. The highest BCUT2D eigenvalue weighted by molar-refractivity contribution is 5.75. The summed E-state index contributed by atoms with van der Waals surface area (Å²) in [5, 5.41) is 0. The van der Waals surface area contributed by atoms with E-state index in [1.54, 1.807) is 6.92 Å². The Hall–Kier alpha value is -1.11. The quantitative estimate of drug-likeness (QED) is 0.667. The minimum atomic E-state index is 0.261. The van der Waals surface area contributed by atoms with Crippen LogP contribution in [0.25, 0.3) is 0 Å². The van der Waals surface area contributed by atoms with Crippen molar-refractivity contribution in [1.82, 2.24) is 0 Å². The van der Waals surface area contributed by atoms with Gasteiger partial charge in [-0.3, -0.25) is 0 Å². The summed E-state index contributed by atoms with van der Waals surface area (Å²) in [6, 6.07) is 8.29. The topological polar surface area (TPSA) is 17.1 Å². The Morgan fingerprint density at radius 2 is 2.17 bits per heavy atom. The fraction of sp³-hybridized carbons (Fsp3) is 0.364. The van der Waals surface area contributed by atoms with Gasteiger partial charge in [-0.2, -0.15) is 0 Å². The van der Waals surface area contributed by atoms with E-state index in [9.17, 15) is 4.79 Å². The molecule has 0 aliphatic carbocycles. The van der Waals surface area contributed by atoms with Gasteiger partial charge >= 0.3 is 0 Å². The number of benzene rings is 1. The first-order chi connectivity index (χ1) is 5.68. The number of ketones is 1. The third-order valence-corrected chi connectivity index (χ3v) is 1.85. The molecular weight excluding hydrogens is 148 g/mol. The first kappa shape index (κ1) is 8.98. The Morgan fingerprint density at radius 1 is 1.42 bits per heavy atom. The highest BCUT2D eigenvalue weighted by Gasteiger charge is 1.95. The lowest BCUT2D eigenvalue weighted by molar-refractivity contribution is -0.116. The summed E-state index contributed by atoms with van der Waals surface area (Å²) in [6.07, 6.45) is 1.53. The van der Waals surface area contributed by atoms with Crippen LogP contribution in [-0.2, 0) is 11.2 Å². The van der Waals surface area contributed by atoms with Crippen molar-refractivity contribution in [1.29, 1.82) is 0 Å². The molecule has 0 atom stereocenters. The minimum absolute atomic E-state index is 0.261. The van der Waals surface area contributed by atoms with Crippen molar-refractivity contribution in [2.45, 2.75) is 26.7 Å². The molecule has 0 spiro atoms. The molecule has 0 bridgehead atoms. The summed E-state index contributed by atoms with van der Waals surface area (Å²) in [4.78, 5) is 10.7. The second kappa shape index (κ2) is 4.05. The predicted octanol–water partition coefficient (Wildman–Crippen LogP) is 2.52. The molecule has 0 amide bonds. The monoisotopic (exact) mass is 162 g/mol. The molecule has 0 N–H and O–H groups in total. The Labute approximate surface area is 73.4 Å². The zero-order chi connectivity index (χ0) is 8.97. The van der Waals surface area contributed by atoms with Gasteiger partial charge in [0.15, 0.2) is 0 Å². The number of carbonyl (C=O) groups is 1. The molecule has 0 aliphatic heterocycles. The van der Waals surface area contributed by atoms with Gasteiger partial charge in [0.25, 0.3) is 0 Å². The molecule has 12 heavy (non-hydrogen) atoms. The average molecular weight is 162 g/mol. The van der Waals surface area contributed by atoms with Gasteiger partial charge in [-0.15, -0.1) is 0 Å². The van der Waals surface area contributed by atoms with E-state index in [1.807, 2.05) is 6.07 Å². The highest BCUT2D eigenvalue weighted by Crippen LogP contribution is 2.06. The summed E-state index contributed by atoms with van der Waals surface area (Å²) in [6.45, 7) is 3.70. The Bertz CT molecular complexity index is 276. The fourth-order valence-electron chi connectivity index (χ4n) is 1.19. The molecule has 0 radical (unpaired) electrons. The first-order valence-electron chi connectivity index (χ1n) is 4.23. The Kier molecular flexibility index (Phi) is 3.03. The molecule has 1 aromatic carbocycles. The van der Waals surface area contributed by atoms with E-state index in [4.69, 9.17) is 0 Å². The minimum Gasteiger partial charge on any atom is -0.300 e. The zero-order valence-corrected chi connectivity index (χ0v) is 7.63. The van der Waals surface area contributed by atoms with Crippen molar-refractivity contribution in [3.63, 3.8) is 0 Å². The van der Waals surface area contributed by atoms with Crippen LogP contribution < -0.4 is 0 Å². The van der Waals surface area contributed by atoms with Crippen LogP contribution in [0.5, 0.6) is 0 Å². The largest absolute Gasteiger partial charge is 0.300 e. The third kappa shape index (κ3) is 2.87. The van der Waals surface area contributed by atoms with Crippen LogP contribution in [-0.4, -0.2) is 5.78 Å². The van der Waals surface area contributed by atoms with E-state index in [1.165, 1.54) is 11.1 Å². The van der Waals surface area contributed by atoms with Gasteiger partial charge in [0, 0.05) is 6.42 Å². The standard InChI is InChI=1S/C11H14O/c1-9-4-3-5-11(8-9)7-6-10(2)12/h3-5,8H,6-7H2,1-2H3. The van der Waals surface area contributed by atoms with Crippen LogP contribution in [0.2, 0.25) is 0 Å². The van der Waals surface area contributed by atoms with E-state index >= 15 is 0 Å². The van der Waals surface area contributed by atoms with Crippen molar-refractivity contribution in [2.75, 3.05) is 0 Å². The lowest BCUT2D eigenvalue weighted by atomic mass is 10.1. The fourth-order valence-corrected chi connectivity index (χ4v) is 1.19. The molecule has 64 valence electrons. The summed E-state index contributed by atoms with van der Waals surface area (Å²) in [5.74, 6) is 0.261. The van der Waals surface area contributed by atoms with Crippen molar-refractivity contribution < 1.29 is 4.79 Å². The van der Waals surface area contributed by atoms with E-state index in [2.05, 4.69) is 25.1 Å². The molecule has 1 aromatic rings. The molecule has 0 aliphatic rings. The Balaban J connectivity index is 2.57. The number of carbonyl (C=O) groups excluding carboxylic acids is 1. The van der Waals surface area contributed by atoms with Gasteiger partial charge in [0.05, 0.1) is 0 Å². The van der Waals surface area contributed by atoms with Crippen molar-refractivity contribution in [2.24, 2.45) is 0 Å². The molecule has 1 nitrogen and oxygen atoms in total.